The molecule has 0 saturated carbocycles. The molecule has 0 amide bonds. The van der Waals surface area contributed by atoms with Crippen molar-refractivity contribution in [3.63, 3.8) is 0 Å². The highest BCUT2D eigenvalue weighted by molar-refractivity contribution is 7.98. The third-order valence-electron chi connectivity index (χ3n) is 4.59. The van der Waals surface area contributed by atoms with Crippen LogP contribution in [0.4, 0.5) is 4.39 Å². The van der Waals surface area contributed by atoms with Gasteiger partial charge in [0.05, 0.1) is 5.69 Å². The van der Waals surface area contributed by atoms with Gasteiger partial charge in [-0.1, -0.05) is 19.1 Å². The molecule has 3 aromatic rings. The maximum Gasteiger partial charge on any atom is 0.132 e. The summed E-state index contributed by atoms with van der Waals surface area (Å²) in [6, 6.07) is 11.3. The Kier molecular flexibility index (Phi) is 4.59. The minimum atomic E-state index is -0.177. The molecule has 25 heavy (non-hydrogen) atoms. The van der Waals surface area contributed by atoms with Gasteiger partial charge in [-0.05, 0) is 66.7 Å². The predicted molar refractivity (Wildman–Crippen MR) is 100 cm³/mol. The largest absolute Gasteiger partial charge is 0.310 e. The highest BCUT2D eigenvalue weighted by Crippen LogP contribution is 2.42. The lowest BCUT2D eigenvalue weighted by molar-refractivity contribution is 0.547. The lowest BCUT2D eigenvalue weighted by atomic mass is 10.1. The molecule has 1 aliphatic rings. The summed E-state index contributed by atoms with van der Waals surface area (Å²) in [4.78, 5) is 5.22. The van der Waals surface area contributed by atoms with E-state index in [2.05, 4.69) is 27.4 Å². The van der Waals surface area contributed by atoms with E-state index in [-0.39, 0.29) is 5.82 Å². The number of aromatic nitrogens is 2. The molecule has 0 radical (unpaired) electrons. The van der Waals surface area contributed by atoms with Crippen molar-refractivity contribution in [2.75, 3.05) is 6.54 Å². The summed E-state index contributed by atoms with van der Waals surface area (Å²) in [6.07, 6.45) is 7.80. The average Bonchev–Trinajstić information content (AvgIpc) is 3.17. The summed E-state index contributed by atoms with van der Waals surface area (Å²) in [7, 11) is 0. The van der Waals surface area contributed by atoms with Crippen LogP contribution in [0.15, 0.2) is 59.9 Å². The first-order valence-corrected chi connectivity index (χ1v) is 9.36. The Hall–Kier alpha value is -2.11. The van der Waals surface area contributed by atoms with Crippen LogP contribution < -0.4 is 5.32 Å². The molecule has 0 bridgehead atoms. The van der Waals surface area contributed by atoms with Gasteiger partial charge in [0.1, 0.15) is 5.82 Å². The normalized spacial score (nSPS) is 16.2. The smallest absolute Gasteiger partial charge is 0.132 e. The van der Waals surface area contributed by atoms with E-state index in [1.54, 1.807) is 24.2 Å². The predicted octanol–water partition coefficient (Wildman–Crippen LogP) is 4.84. The standard InChI is InChI=1S/C20H20FN3S/c1-2-23-19-10-9-15-17(19)13-24(25-14-6-5-11-22-12-14)20(15)16-7-3-4-8-18(16)21/h3-8,11-13,19,23H,2,9-10H2,1H3. The topological polar surface area (TPSA) is 29.9 Å². The highest BCUT2D eigenvalue weighted by Gasteiger charge is 2.29. The molecule has 0 spiro atoms. The minimum absolute atomic E-state index is 0.177. The number of hydrogen-bond acceptors (Lipinski definition) is 3. The van der Waals surface area contributed by atoms with Crippen molar-refractivity contribution in [1.29, 1.82) is 0 Å². The molecule has 0 aliphatic heterocycles. The molecule has 5 heteroatoms. The SMILES string of the molecule is CCNC1CCc2c1cn(Sc1cccnc1)c2-c1ccccc1F. The molecule has 1 unspecified atom stereocenters. The van der Waals surface area contributed by atoms with Crippen LogP contribution >= 0.6 is 11.9 Å². The Morgan fingerprint density at radius 3 is 2.92 bits per heavy atom. The van der Waals surface area contributed by atoms with Crippen molar-refractivity contribution in [1.82, 2.24) is 14.3 Å². The fourth-order valence-corrected chi connectivity index (χ4v) is 4.47. The van der Waals surface area contributed by atoms with Gasteiger partial charge in [0, 0.05) is 35.1 Å². The lowest BCUT2D eigenvalue weighted by Crippen LogP contribution is -2.18. The van der Waals surface area contributed by atoms with Crippen molar-refractivity contribution in [3.8, 4) is 11.3 Å². The second kappa shape index (κ2) is 7.02. The van der Waals surface area contributed by atoms with Gasteiger partial charge in [-0.15, -0.1) is 0 Å². The van der Waals surface area contributed by atoms with Crippen LogP contribution in [-0.2, 0) is 6.42 Å². The summed E-state index contributed by atoms with van der Waals surface area (Å²) in [5.74, 6) is -0.177. The van der Waals surface area contributed by atoms with E-state index >= 15 is 0 Å². The number of nitrogens with one attached hydrogen (secondary N) is 1. The number of halogens is 1. The Balaban J connectivity index is 1.83. The Morgan fingerprint density at radius 2 is 2.16 bits per heavy atom. The number of rotatable bonds is 5. The van der Waals surface area contributed by atoms with Crippen molar-refractivity contribution in [2.45, 2.75) is 30.7 Å². The summed E-state index contributed by atoms with van der Waals surface area (Å²) in [5.41, 5.74) is 4.18. The van der Waals surface area contributed by atoms with Gasteiger partial charge in [-0.3, -0.25) is 8.96 Å². The first-order valence-electron chi connectivity index (χ1n) is 8.58. The van der Waals surface area contributed by atoms with E-state index in [0.717, 1.165) is 30.0 Å². The summed E-state index contributed by atoms with van der Waals surface area (Å²) >= 11 is 1.58. The van der Waals surface area contributed by atoms with E-state index in [4.69, 9.17) is 0 Å². The van der Waals surface area contributed by atoms with E-state index < -0.39 is 0 Å². The van der Waals surface area contributed by atoms with Crippen molar-refractivity contribution >= 4 is 11.9 Å². The molecule has 1 atom stereocenters. The van der Waals surface area contributed by atoms with Crippen LogP contribution in [0.2, 0.25) is 0 Å². The van der Waals surface area contributed by atoms with Crippen molar-refractivity contribution in [3.05, 3.63) is 71.9 Å². The summed E-state index contributed by atoms with van der Waals surface area (Å²) in [5, 5.41) is 3.54. The molecule has 1 N–H and O–H groups in total. The zero-order valence-corrected chi connectivity index (χ0v) is 14.9. The lowest BCUT2D eigenvalue weighted by Gasteiger charge is -2.12. The van der Waals surface area contributed by atoms with Crippen LogP contribution in [0.3, 0.4) is 0 Å². The zero-order valence-electron chi connectivity index (χ0n) is 14.1. The average molecular weight is 353 g/mol. The molecule has 128 valence electrons. The monoisotopic (exact) mass is 353 g/mol. The number of pyridine rings is 1. The van der Waals surface area contributed by atoms with Gasteiger partial charge < -0.3 is 5.32 Å². The van der Waals surface area contributed by atoms with Gasteiger partial charge in [-0.25, -0.2) is 4.39 Å². The Bertz CT molecular complexity index is 876. The third kappa shape index (κ3) is 3.10. The quantitative estimate of drug-likeness (QED) is 0.712. The van der Waals surface area contributed by atoms with E-state index in [0.29, 0.717) is 11.6 Å². The Labute approximate surface area is 151 Å². The molecule has 0 saturated heterocycles. The van der Waals surface area contributed by atoms with Gasteiger partial charge in [0.2, 0.25) is 0 Å². The van der Waals surface area contributed by atoms with Crippen LogP contribution in [0.5, 0.6) is 0 Å². The number of nitrogens with zero attached hydrogens (tertiary/aromatic N) is 2. The molecule has 4 rings (SSSR count). The number of hydrogen-bond donors (Lipinski definition) is 1. The maximum absolute atomic E-state index is 14.5. The fourth-order valence-electron chi connectivity index (χ4n) is 3.53. The molecule has 2 aromatic heterocycles. The first-order chi connectivity index (χ1) is 12.3. The van der Waals surface area contributed by atoms with E-state index in [1.807, 2.05) is 30.5 Å². The van der Waals surface area contributed by atoms with Gasteiger partial charge in [0.25, 0.3) is 0 Å². The van der Waals surface area contributed by atoms with Crippen LogP contribution in [-0.4, -0.2) is 15.5 Å². The molecule has 1 aromatic carbocycles. The molecule has 3 nitrogen and oxygen atoms in total. The zero-order chi connectivity index (χ0) is 17.2. The second-order valence-electron chi connectivity index (χ2n) is 6.15. The van der Waals surface area contributed by atoms with Gasteiger partial charge in [-0.2, -0.15) is 0 Å². The molecule has 1 aliphatic carbocycles. The molecular formula is C20H20FN3S. The van der Waals surface area contributed by atoms with Crippen LogP contribution in [0, 0.1) is 5.82 Å². The second-order valence-corrected chi connectivity index (χ2v) is 7.19. The van der Waals surface area contributed by atoms with Gasteiger partial charge >= 0.3 is 0 Å². The number of benzene rings is 1. The summed E-state index contributed by atoms with van der Waals surface area (Å²) < 4.78 is 16.6. The van der Waals surface area contributed by atoms with Crippen LogP contribution in [0.25, 0.3) is 11.3 Å². The number of fused-ring (bicyclic) bond motifs is 1. The van der Waals surface area contributed by atoms with Gasteiger partial charge in [0.15, 0.2) is 0 Å². The minimum Gasteiger partial charge on any atom is -0.310 e. The van der Waals surface area contributed by atoms with E-state index in [9.17, 15) is 4.39 Å². The molecule has 2 heterocycles. The highest BCUT2D eigenvalue weighted by atomic mass is 32.2. The molecular weight excluding hydrogens is 333 g/mol. The third-order valence-corrected chi connectivity index (χ3v) is 5.52. The van der Waals surface area contributed by atoms with E-state index in [1.165, 1.54) is 17.2 Å². The Morgan fingerprint density at radius 1 is 1.28 bits per heavy atom. The van der Waals surface area contributed by atoms with Crippen molar-refractivity contribution in [2.24, 2.45) is 0 Å². The van der Waals surface area contributed by atoms with Crippen molar-refractivity contribution < 1.29 is 4.39 Å². The van der Waals surface area contributed by atoms with Crippen LogP contribution in [0.1, 0.15) is 30.5 Å². The first kappa shape index (κ1) is 16.4. The summed E-state index contributed by atoms with van der Waals surface area (Å²) in [6.45, 7) is 3.05. The maximum atomic E-state index is 14.5. The fraction of sp³-hybridized carbons (Fsp3) is 0.250. The molecule has 0 fully saturated rings.